The molecule has 0 amide bonds. The number of aromatic nitrogens is 2. The van der Waals surface area contributed by atoms with E-state index in [0.29, 0.717) is 5.89 Å². The Labute approximate surface area is 110 Å². The third kappa shape index (κ3) is 2.20. The molecule has 0 unspecified atom stereocenters. The van der Waals surface area contributed by atoms with Crippen molar-refractivity contribution in [2.24, 2.45) is 0 Å². The van der Waals surface area contributed by atoms with Crippen LogP contribution in [-0.2, 0) is 0 Å². The summed E-state index contributed by atoms with van der Waals surface area (Å²) in [6, 6.07) is 1.92. The first-order valence-corrected chi connectivity index (χ1v) is 3.63. The average molecular weight is 190 g/mol. The van der Waals surface area contributed by atoms with Gasteiger partial charge in [0.15, 0.2) is 0 Å². The molecule has 2 aromatic rings. The first-order chi connectivity index (χ1) is 4.97. The van der Waals surface area contributed by atoms with Crippen LogP contribution in [0.2, 0.25) is 0 Å². The molecule has 50 valence electrons. The molecule has 2 rings (SSSR count). The van der Waals surface area contributed by atoms with Crippen molar-refractivity contribution in [3.8, 4) is 11.5 Å². The fourth-order valence-electron chi connectivity index (χ4n) is 0.653. The first kappa shape index (κ1) is 9.56. The van der Waals surface area contributed by atoms with Crippen LogP contribution in [0.3, 0.4) is 0 Å². The molecule has 0 radical (unpaired) electrons. The van der Waals surface area contributed by atoms with Crippen LogP contribution in [0.4, 0.5) is 0 Å². The maximum atomic E-state index is 4.77. The third-order valence-electron chi connectivity index (χ3n) is 1.09. The Kier molecular flexibility index (Phi) is 3.90. The van der Waals surface area contributed by atoms with Gasteiger partial charge in [-0.15, -0.1) is 0 Å². The molecule has 0 aliphatic heterocycles. The number of hydrogen-bond acceptors (Lipinski definition) is 4. The molecule has 11 heavy (non-hydrogen) atoms. The van der Waals surface area contributed by atoms with Crippen molar-refractivity contribution in [2.45, 2.75) is 0 Å². The Morgan fingerprint density at radius 1 is 1.55 bits per heavy atom. The Morgan fingerprint density at radius 2 is 2.45 bits per heavy atom. The smallest absolute Gasteiger partial charge is 0.445 e. The molecule has 3 nitrogen and oxygen atoms in total. The van der Waals surface area contributed by atoms with E-state index in [1.807, 2.05) is 16.8 Å². The zero-order valence-electron chi connectivity index (χ0n) is 5.94. The molecule has 5 heteroatoms. The molecule has 0 atom stereocenters. The second kappa shape index (κ2) is 4.49. The normalized spacial score (nSPS) is 9.09. The van der Waals surface area contributed by atoms with Crippen molar-refractivity contribution >= 4 is 11.3 Å². The summed E-state index contributed by atoms with van der Waals surface area (Å²) in [7, 11) is 0. The van der Waals surface area contributed by atoms with Crippen LogP contribution in [0.25, 0.3) is 11.5 Å². The van der Waals surface area contributed by atoms with E-state index < -0.39 is 0 Å². The molecular formula is C6H3KN2OS. The van der Waals surface area contributed by atoms with E-state index in [1.54, 1.807) is 11.3 Å². The van der Waals surface area contributed by atoms with Gasteiger partial charge in [0, 0.05) is 0 Å². The molecule has 0 spiro atoms. The van der Waals surface area contributed by atoms with Crippen LogP contribution < -0.4 is 51.4 Å². The van der Waals surface area contributed by atoms with Gasteiger partial charge in [-0.3, -0.25) is 0 Å². The van der Waals surface area contributed by atoms with E-state index in [-0.39, 0.29) is 51.4 Å². The maximum absolute atomic E-state index is 4.77. The van der Waals surface area contributed by atoms with E-state index >= 15 is 0 Å². The van der Waals surface area contributed by atoms with Gasteiger partial charge < -0.3 is 9.51 Å². The molecule has 0 saturated carbocycles. The van der Waals surface area contributed by atoms with Crippen LogP contribution >= 0.6 is 11.3 Å². The van der Waals surface area contributed by atoms with Gasteiger partial charge in [-0.25, -0.2) is 0 Å². The molecule has 0 saturated heterocycles. The fourth-order valence-corrected chi connectivity index (χ4v) is 1.28. The van der Waals surface area contributed by atoms with Crippen molar-refractivity contribution in [3.05, 3.63) is 23.2 Å². The van der Waals surface area contributed by atoms with Gasteiger partial charge in [0.25, 0.3) is 0 Å². The summed E-state index contributed by atoms with van der Waals surface area (Å²) in [6.45, 7) is 0. The van der Waals surface area contributed by atoms with E-state index in [1.165, 1.54) is 0 Å². The molecule has 0 aliphatic rings. The Morgan fingerprint density at radius 3 is 3.00 bits per heavy atom. The van der Waals surface area contributed by atoms with Gasteiger partial charge in [0.2, 0.25) is 0 Å². The number of thiophene rings is 1. The van der Waals surface area contributed by atoms with Gasteiger partial charge in [0.1, 0.15) is 0 Å². The van der Waals surface area contributed by atoms with Crippen LogP contribution in [0.15, 0.2) is 21.3 Å². The molecule has 2 heterocycles. The molecule has 0 bridgehead atoms. The molecule has 2 aromatic heterocycles. The summed E-state index contributed by atoms with van der Waals surface area (Å²) in [4.78, 5) is 3.76. The summed E-state index contributed by atoms with van der Waals surface area (Å²) in [6.07, 6.45) is 2.36. The standard InChI is InChI=1S/C6H3N2OS.K/c1-2-10-3-5(1)6-7-4-8-9-6;/h1-3H;/q-1;+1. The minimum absolute atomic E-state index is 0. The molecular weight excluding hydrogens is 187 g/mol. The Bertz CT molecular complexity index is 260. The van der Waals surface area contributed by atoms with Crippen molar-refractivity contribution in [1.82, 2.24) is 10.1 Å². The van der Waals surface area contributed by atoms with E-state index in [9.17, 15) is 0 Å². The zero-order valence-corrected chi connectivity index (χ0v) is 9.88. The van der Waals surface area contributed by atoms with Crippen molar-refractivity contribution < 1.29 is 55.9 Å². The van der Waals surface area contributed by atoms with Crippen LogP contribution in [0.5, 0.6) is 0 Å². The molecule has 0 fully saturated rings. The first-order valence-electron chi connectivity index (χ1n) is 2.69. The summed E-state index contributed by atoms with van der Waals surface area (Å²) in [5.41, 5.74) is 0.957. The second-order valence-corrected chi connectivity index (χ2v) is 2.49. The second-order valence-electron chi connectivity index (χ2n) is 1.71. The third-order valence-corrected chi connectivity index (χ3v) is 1.78. The summed E-state index contributed by atoms with van der Waals surface area (Å²) in [5, 5.41) is 7.28. The van der Waals surface area contributed by atoms with Gasteiger partial charge in [0.05, 0.1) is 5.89 Å². The number of hydrogen-bond donors (Lipinski definition) is 0. The number of rotatable bonds is 1. The van der Waals surface area contributed by atoms with E-state index in [4.69, 9.17) is 4.52 Å². The monoisotopic (exact) mass is 190 g/mol. The van der Waals surface area contributed by atoms with Crippen LogP contribution in [-0.4, -0.2) is 10.1 Å². The Balaban J connectivity index is 0.000000605. The molecule has 0 aromatic carbocycles. The average Bonchev–Trinajstić information content (AvgIpc) is 2.59. The summed E-state index contributed by atoms with van der Waals surface area (Å²) in [5.74, 6) is 0.529. The summed E-state index contributed by atoms with van der Waals surface area (Å²) < 4.78 is 4.77. The maximum Gasteiger partial charge on any atom is 1.00 e. The van der Waals surface area contributed by atoms with Gasteiger partial charge in [-0.2, -0.15) is 16.5 Å². The van der Waals surface area contributed by atoms with E-state index in [0.717, 1.165) is 5.56 Å². The predicted molar refractivity (Wildman–Crippen MR) is 36.4 cm³/mol. The minimum atomic E-state index is 0. The topological polar surface area (TPSA) is 38.9 Å². The van der Waals surface area contributed by atoms with Crippen molar-refractivity contribution in [1.29, 1.82) is 0 Å². The predicted octanol–water partition coefficient (Wildman–Crippen LogP) is -1.40. The van der Waals surface area contributed by atoms with Crippen molar-refractivity contribution in [2.75, 3.05) is 0 Å². The van der Waals surface area contributed by atoms with Gasteiger partial charge in [-0.1, -0.05) is 6.07 Å². The van der Waals surface area contributed by atoms with Crippen molar-refractivity contribution in [3.63, 3.8) is 0 Å². The molecule has 0 N–H and O–H groups in total. The zero-order chi connectivity index (χ0) is 6.81. The van der Waals surface area contributed by atoms with Crippen LogP contribution in [0.1, 0.15) is 0 Å². The van der Waals surface area contributed by atoms with Crippen LogP contribution in [0, 0.1) is 6.33 Å². The van der Waals surface area contributed by atoms with Gasteiger partial charge >= 0.3 is 51.4 Å². The van der Waals surface area contributed by atoms with E-state index in [2.05, 4.69) is 16.5 Å². The summed E-state index contributed by atoms with van der Waals surface area (Å²) >= 11 is 1.60. The largest absolute Gasteiger partial charge is 1.00 e. The minimum Gasteiger partial charge on any atom is -0.445 e. The molecule has 0 aliphatic carbocycles. The number of nitrogens with zero attached hydrogens (tertiary/aromatic N) is 2. The van der Waals surface area contributed by atoms with Gasteiger partial charge in [-0.05, 0) is 22.7 Å². The quantitative estimate of drug-likeness (QED) is 0.410. The SMILES string of the molecule is [K+].[c-]1noc(-c2ccsc2)n1. The fraction of sp³-hybridized carbons (Fsp3) is 0. The Hall–Kier alpha value is 0.476.